The van der Waals surface area contributed by atoms with Crippen LogP contribution in [0.3, 0.4) is 0 Å². The van der Waals surface area contributed by atoms with Gasteiger partial charge in [0.05, 0.1) is 11.5 Å². The van der Waals surface area contributed by atoms with Crippen LogP contribution in [0.2, 0.25) is 0 Å². The quantitative estimate of drug-likeness (QED) is 0.313. The van der Waals surface area contributed by atoms with Crippen molar-refractivity contribution < 1.29 is 23.9 Å². The van der Waals surface area contributed by atoms with Crippen molar-refractivity contribution in [1.29, 1.82) is 0 Å². The van der Waals surface area contributed by atoms with Crippen molar-refractivity contribution in [3.8, 4) is 5.75 Å². The van der Waals surface area contributed by atoms with Crippen molar-refractivity contribution in [2.45, 2.75) is 33.3 Å². The molecule has 0 aliphatic carbocycles. The van der Waals surface area contributed by atoms with Crippen molar-refractivity contribution in [1.82, 2.24) is 4.90 Å². The molecule has 1 aliphatic heterocycles. The zero-order valence-corrected chi connectivity index (χ0v) is 18.4. The number of carbonyl (C=O) groups is 3. The predicted octanol–water partition coefficient (Wildman–Crippen LogP) is 4.95. The number of imide groups is 1. The first-order valence-electron chi connectivity index (χ1n) is 10.2. The van der Waals surface area contributed by atoms with E-state index in [0.717, 1.165) is 40.6 Å². The van der Waals surface area contributed by atoms with Crippen LogP contribution < -0.4 is 4.74 Å². The monoisotopic (exact) mass is 439 g/mol. The van der Waals surface area contributed by atoms with Gasteiger partial charge in [-0.25, -0.2) is 0 Å². The number of rotatable bonds is 9. The lowest BCUT2D eigenvalue weighted by Gasteiger charge is -2.11. The average Bonchev–Trinajstić information content (AvgIpc) is 3.01. The summed E-state index contributed by atoms with van der Waals surface area (Å²) in [7, 11) is 0. The summed E-state index contributed by atoms with van der Waals surface area (Å²) >= 11 is 0.820. The van der Waals surface area contributed by atoms with Crippen LogP contribution in [-0.4, -0.2) is 35.2 Å². The summed E-state index contributed by atoms with van der Waals surface area (Å²) < 4.78 is 10.8. The highest BCUT2D eigenvalue weighted by molar-refractivity contribution is 8.18. The second kappa shape index (κ2) is 10.8. The first kappa shape index (κ1) is 22.6. The number of thioether (sulfide) groups is 1. The van der Waals surface area contributed by atoms with E-state index in [1.165, 1.54) is 5.56 Å². The minimum atomic E-state index is -0.577. The first-order valence-corrected chi connectivity index (χ1v) is 11.0. The van der Waals surface area contributed by atoms with Gasteiger partial charge in [-0.2, -0.15) is 0 Å². The number of carbonyl (C=O) groups excluding carboxylic acids is 3. The molecule has 2 aromatic rings. The Labute approximate surface area is 186 Å². The van der Waals surface area contributed by atoms with Gasteiger partial charge in [-0.15, -0.1) is 0 Å². The summed E-state index contributed by atoms with van der Waals surface area (Å²) in [6.45, 7) is 4.42. The summed E-state index contributed by atoms with van der Waals surface area (Å²) in [5.74, 6) is -0.351. The highest BCUT2D eigenvalue weighted by Crippen LogP contribution is 2.32. The van der Waals surface area contributed by atoms with Gasteiger partial charge >= 0.3 is 5.97 Å². The van der Waals surface area contributed by atoms with E-state index < -0.39 is 17.1 Å². The molecule has 0 bridgehead atoms. The molecule has 162 valence electrons. The van der Waals surface area contributed by atoms with E-state index in [2.05, 4.69) is 6.07 Å². The van der Waals surface area contributed by atoms with Crippen LogP contribution in [0.1, 0.15) is 36.5 Å². The highest BCUT2D eigenvalue weighted by Gasteiger charge is 2.36. The minimum Gasteiger partial charge on any atom is -0.489 e. The number of unbranched alkanes of at least 4 members (excludes halogenated alkanes) is 1. The van der Waals surface area contributed by atoms with Crippen molar-refractivity contribution in [2.24, 2.45) is 0 Å². The molecule has 7 heteroatoms. The van der Waals surface area contributed by atoms with Gasteiger partial charge in [0.15, 0.2) is 0 Å². The summed E-state index contributed by atoms with van der Waals surface area (Å²) in [5.41, 5.74) is 3.03. The lowest BCUT2D eigenvalue weighted by Crippen LogP contribution is -2.34. The largest absolute Gasteiger partial charge is 0.489 e. The van der Waals surface area contributed by atoms with Gasteiger partial charge < -0.3 is 9.47 Å². The third-order valence-corrected chi connectivity index (χ3v) is 5.49. The first-order chi connectivity index (χ1) is 15.0. The van der Waals surface area contributed by atoms with Crippen LogP contribution in [0.25, 0.3) is 6.08 Å². The van der Waals surface area contributed by atoms with Gasteiger partial charge in [-0.1, -0.05) is 55.3 Å². The Morgan fingerprint density at radius 2 is 1.90 bits per heavy atom. The molecule has 0 spiro atoms. The SMILES string of the molecule is CCCCOC(=O)CN1C(=O)S/C(=C/c2ccc(OCc3cccc(C)c3)cc2)C1=O. The van der Waals surface area contributed by atoms with Crippen molar-refractivity contribution >= 4 is 35.0 Å². The molecular formula is C24H25NO5S. The Morgan fingerprint density at radius 3 is 2.61 bits per heavy atom. The van der Waals surface area contributed by atoms with Crippen molar-refractivity contribution in [2.75, 3.05) is 13.2 Å². The van der Waals surface area contributed by atoms with Crippen LogP contribution in [0.15, 0.2) is 53.4 Å². The number of aryl methyl sites for hydroxylation is 1. The number of ether oxygens (including phenoxy) is 2. The fraction of sp³-hybridized carbons (Fsp3) is 0.292. The number of amides is 2. The van der Waals surface area contributed by atoms with E-state index in [4.69, 9.17) is 9.47 Å². The molecule has 0 unspecified atom stereocenters. The Morgan fingerprint density at radius 1 is 1.13 bits per heavy atom. The number of hydrogen-bond donors (Lipinski definition) is 0. The van der Waals surface area contributed by atoms with E-state index in [1.807, 2.05) is 56.3 Å². The van der Waals surface area contributed by atoms with Gasteiger partial charge in [-0.05, 0) is 54.4 Å². The smallest absolute Gasteiger partial charge is 0.326 e. The molecule has 0 N–H and O–H groups in total. The maximum absolute atomic E-state index is 12.5. The molecule has 6 nitrogen and oxygen atoms in total. The Kier molecular flexibility index (Phi) is 7.89. The second-order valence-corrected chi connectivity index (χ2v) is 8.18. The summed E-state index contributed by atoms with van der Waals surface area (Å²) in [6.07, 6.45) is 3.28. The Bertz CT molecular complexity index is 984. The lowest BCUT2D eigenvalue weighted by atomic mass is 10.1. The maximum Gasteiger partial charge on any atom is 0.326 e. The molecule has 0 atom stereocenters. The van der Waals surface area contributed by atoms with Crippen LogP contribution >= 0.6 is 11.8 Å². The Hall–Kier alpha value is -3.06. The van der Waals surface area contributed by atoms with E-state index in [-0.39, 0.29) is 11.4 Å². The maximum atomic E-state index is 12.5. The third kappa shape index (κ3) is 6.46. The lowest BCUT2D eigenvalue weighted by molar-refractivity contribution is -0.146. The standard InChI is InChI=1S/C24H25NO5S/c1-3-4-12-29-22(26)15-25-23(27)21(31-24(25)28)14-18-8-10-20(11-9-18)30-16-19-7-5-6-17(2)13-19/h5-11,13-14H,3-4,12,15-16H2,1-2H3/b21-14+. The second-order valence-electron chi connectivity index (χ2n) is 7.19. The van der Waals surface area contributed by atoms with Gasteiger partial charge in [0.2, 0.25) is 0 Å². The normalized spacial score (nSPS) is 14.9. The molecule has 2 amide bonds. The van der Waals surface area contributed by atoms with Crippen molar-refractivity contribution in [3.05, 3.63) is 70.1 Å². The molecule has 0 radical (unpaired) electrons. The summed E-state index contributed by atoms with van der Waals surface area (Å²) in [5, 5.41) is -0.471. The van der Waals surface area contributed by atoms with Crippen LogP contribution in [0, 0.1) is 6.92 Å². The molecule has 2 aromatic carbocycles. The third-order valence-electron chi connectivity index (χ3n) is 4.59. The fourth-order valence-electron chi connectivity index (χ4n) is 2.92. The molecule has 0 saturated carbocycles. The number of benzene rings is 2. The molecular weight excluding hydrogens is 414 g/mol. The van der Waals surface area contributed by atoms with Crippen LogP contribution in [0.4, 0.5) is 4.79 Å². The zero-order valence-electron chi connectivity index (χ0n) is 17.6. The molecule has 1 fully saturated rings. The Balaban J connectivity index is 1.58. The number of hydrogen-bond acceptors (Lipinski definition) is 6. The molecule has 1 aliphatic rings. The van der Waals surface area contributed by atoms with E-state index in [9.17, 15) is 14.4 Å². The number of nitrogens with zero attached hydrogens (tertiary/aromatic N) is 1. The number of esters is 1. The van der Waals surface area contributed by atoms with Gasteiger partial charge in [0.25, 0.3) is 11.1 Å². The fourth-order valence-corrected chi connectivity index (χ4v) is 3.76. The summed E-state index contributed by atoms with van der Waals surface area (Å²) in [4.78, 5) is 37.7. The molecule has 31 heavy (non-hydrogen) atoms. The molecule has 1 heterocycles. The van der Waals surface area contributed by atoms with E-state index in [0.29, 0.717) is 19.0 Å². The zero-order chi connectivity index (χ0) is 22.2. The topological polar surface area (TPSA) is 72.9 Å². The highest BCUT2D eigenvalue weighted by atomic mass is 32.2. The van der Waals surface area contributed by atoms with E-state index in [1.54, 1.807) is 6.08 Å². The van der Waals surface area contributed by atoms with Gasteiger partial charge in [-0.3, -0.25) is 19.3 Å². The molecule has 0 aromatic heterocycles. The van der Waals surface area contributed by atoms with Gasteiger partial charge in [0, 0.05) is 0 Å². The molecule has 1 saturated heterocycles. The minimum absolute atomic E-state index is 0.278. The van der Waals surface area contributed by atoms with Crippen LogP contribution in [0.5, 0.6) is 5.75 Å². The van der Waals surface area contributed by atoms with Gasteiger partial charge in [0.1, 0.15) is 18.9 Å². The molecule has 3 rings (SSSR count). The van der Waals surface area contributed by atoms with Crippen LogP contribution in [-0.2, 0) is 20.9 Å². The van der Waals surface area contributed by atoms with E-state index >= 15 is 0 Å². The van der Waals surface area contributed by atoms with Crippen molar-refractivity contribution in [3.63, 3.8) is 0 Å². The summed E-state index contributed by atoms with van der Waals surface area (Å²) in [6, 6.07) is 15.4. The predicted molar refractivity (Wildman–Crippen MR) is 120 cm³/mol. The average molecular weight is 440 g/mol.